The van der Waals surface area contributed by atoms with Crippen molar-refractivity contribution in [1.82, 2.24) is 4.98 Å². The fourth-order valence-electron chi connectivity index (χ4n) is 1.84. The molecule has 1 aromatic heterocycles. The number of anilines is 1. The predicted molar refractivity (Wildman–Crippen MR) is 84.2 cm³/mol. The number of hydrogen-bond acceptors (Lipinski definition) is 4. The molecule has 0 aliphatic carbocycles. The van der Waals surface area contributed by atoms with Gasteiger partial charge in [0.05, 0.1) is 27.2 Å². The summed E-state index contributed by atoms with van der Waals surface area (Å²) in [5, 5.41) is 4.25. The van der Waals surface area contributed by atoms with Crippen LogP contribution in [0.3, 0.4) is 0 Å². The molecule has 0 aliphatic rings. The van der Waals surface area contributed by atoms with Crippen LogP contribution >= 0.6 is 11.6 Å². The molecule has 1 N–H and O–H groups in total. The maximum Gasteiger partial charge on any atom is 0.154 e. The summed E-state index contributed by atoms with van der Waals surface area (Å²) in [7, 11) is -3.04. The number of rotatable bonds is 5. The van der Waals surface area contributed by atoms with Crippen molar-refractivity contribution in [3.8, 4) is 0 Å². The minimum absolute atomic E-state index is 0.0988. The monoisotopic (exact) mass is 312 g/mol. The molecule has 2 aromatic rings. The number of benzene rings is 1. The minimum Gasteiger partial charge on any atom is -0.382 e. The summed E-state index contributed by atoms with van der Waals surface area (Å²) in [4.78, 5) is 4.30. The Kier molecular flexibility index (Phi) is 4.50. The molecule has 108 valence electrons. The number of hydrogen-bond donors (Lipinski definition) is 1. The van der Waals surface area contributed by atoms with Gasteiger partial charge in [0.15, 0.2) is 9.84 Å². The van der Waals surface area contributed by atoms with Crippen LogP contribution in [-0.2, 0) is 9.84 Å². The number of halogens is 1. The summed E-state index contributed by atoms with van der Waals surface area (Å²) in [6, 6.07) is 7.31. The summed E-state index contributed by atoms with van der Waals surface area (Å²) in [5.41, 5.74) is 1.55. The molecule has 0 saturated heterocycles. The van der Waals surface area contributed by atoms with Gasteiger partial charge in [-0.05, 0) is 38.1 Å². The Morgan fingerprint density at radius 3 is 2.75 bits per heavy atom. The Labute approximate surface area is 124 Å². The number of nitrogens with zero attached hydrogens (tertiary/aromatic N) is 1. The molecule has 2 rings (SSSR count). The predicted octanol–water partition coefficient (Wildman–Crippen LogP) is 3.12. The lowest BCUT2D eigenvalue weighted by molar-refractivity contribution is 0.588. The summed E-state index contributed by atoms with van der Waals surface area (Å²) < 4.78 is 23.5. The van der Waals surface area contributed by atoms with E-state index in [4.69, 9.17) is 11.6 Å². The second-order valence-electron chi connectivity index (χ2n) is 4.84. The third-order valence-electron chi connectivity index (χ3n) is 3.14. The average Bonchev–Trinajstić information content (AvgIpc) is 2.41. The van der Waals surface area contributed by atoms with Crippen molar-refractivity contribution in [2.24, 2.45) is 0 Å². The Hall–Kier alpha value is -1.33. The number of fused-ring (bicyclic) bond motifs is 1. The van der Waals surface area contributed by atoms with Crippen LogP contribution < -0.4 is 5.32 Å². The van der Waals surface area contributed by atoms with Gasteiger partial charge in [-0.3, -0.25) is 4.98 Å². The molecule has 20 heavy (non-hydrogen) atoms. The molecular weight excluding hydrogens is 296 g/mol. The normalized spacial score (nSPS) is 12.0. The van der Waals surface area contributed by atoms with E-state index in [9.17, 15) is 8.42 Å². The SMILES string of the molecule is CC(C)S(=O)(=O)CCNc1ccc(Cl)c2cccnc12. The van der Waals surface area contributed by atoms with Crippen LogP contribution in [0.4, 0.5) is 5.69 Å². The number of sulfone groups is 1. The van der Waals surface area contributed by atoms with Crippen LogP contribution in [0.1, 0.15) is 13.8 Å². The van der Waals surface area contributed by atoms with Gasteiger partial charge < -0.3 is 5.32 Å². The highest BCUT2D eigenvalue weighted by Gasteiger charge is 2.15. The van der Waals surface area contributed by atoms with Crippen molar-refractivity contribution in [3.63, 3.8) is 0 Å². The van der Waals surface area contributed by atoms with Crippen LogP contribution in [0.15, 0.2) is 30.5 Å². The van der Waals surface area contributed by atoms with E-state index >= 15 is 0 Å². The van der Waals surface area contributed by atoms with Crippen LogP contribution in [0.2, 0.25) is 5.02 Å². The van der Waals surface area contributed by atoms with E-state index in [0.29, 0.717) is 11.6 Å². The second kappa shape index (κ2) is 5.97. The van der Waals surface area contributed by atoms with E-state index in [-0.39, 0.29) is 11.0 Å². The van der Waals surface area contributed by atoms with Gasteiger partial charge in [0.25, 0.3) is 0 Å². The lowest BCUT2D eigenvalue weighted by Gasteiger charge is -2.11. The highest BCUT2D eigenvalue weighted by atomic mass is 35.5. The fourth-order valence-corrected chi connectivity index (χ4v) is 2.92. The topological polar surface area (TPSA) is 59.1 Å². The molecule has 0 aliphatic heterocycles. The highest BCUT2D eigenvalue weighted by molar-refractivity contribution is 7.92. The minimum atomic E-state index is -3.04. The fraction of sp³-hybridized carbons (Fsp3) is 0.357. The van der Waals surface area contributed by atoms with Crippen molar-refractivity contribution in [2.75, 3.05) is 17.6 Å². The first-order valence-electron chi connectivity index (χ1n) is 6.40. The van der Waals surface area contributed by atoms with E-state index in [1.807, 2.05) is 18.2 Å². The van der Waals surface area contributed by atoms with Crippen molar-refractivity contribution in [1.29, 1.82) is 0 Å². The summed E-state index contributed by atoms with van der Waals surface area (Å²) in [6.45, 7) is 3.73. The lowest BCUT2D eigenvalue weighted by atomic mass is 10.2. The second-order valence-corrected chi connectivity index (χ2v) is 7.92. The first kappa shape index (κ1) is 15.1. The van der Waals surface area contributed by atoms with Gasteiger partial charge in [0.2, 0.25) is 0 Å². The maximum atomic E-state index is 11.8. The third-order valence-corrected chi connectivity index (χ3v) is 5.68. The van der Waals surface area contributed by atoms with Crippen molar-refractivity contribution in [3.05, 3.63) is 35.5 Å². The van der Waals surface area contributed by atoms with Gasteiger partial charge in [0.1, 0.15) is 0 Å². The van der Waals surface area contributed by atoms with Crippen LogP contribution in [0.5, 0.6) is 0 Å². The summed E-state index contributed by atoms with van der Waals surface area (Å²) >= 11 is 6.11. The van der Waals surface area contributed by atoms with Crippen molar-refractivity contribution < 1.29 is 8.42 Å². The number of nitrogens with one attached hydrogen (secondary N) is 1. The molecule has 0 radical (unpaired) electrons. The van der Waals surface area contributed by atoms with E-state index in [1.54, 1.807) is 26.1 Å². The molecule has 0 amide bonds. The zero-order chi connectivity index (χ0) is 14.8. The van der Waals surface area contributed by atoms with E-state index in [0.717, 1.165) is 16.6 Å². The standard InChI is InChI=1S/C14H17ClN2O2S/c1-10(2)20(18,19)9-8-16-13-6-5-12(15)11-4-3-7-17-14(11)13/h3-7,10,16H,8-9H2,1-2H3. The molecule has 0 saturated carbocycles. The molecule has 6 heteroatoms. The first-order valence-corrected chi connectivity index (χ1v) is 8.50. The Morgan fingerprint density at radius 2 is 2.05 bits per heavy atom. The first-order chi connectivity index (χ1) is 9.42. The van der Waals surface area contributed by atoms with Crippen molar-refractivity contribution >= 4 is 38.0 Å². The highest BCUT2D eigenvalue weighted by Crippen LogP contribution is 2.27. The average molecular weight is 313 g/mol. The lowest BCUT2D eigenvalue weighted by Crippen LogP contribution is -2.23. The van der Waals surface area contributed by atoms with Gasteiger partial charge >= 0.3 is 0 Å². The molecule has 0 atom stereocenters. The molecular formula is C14H17ClN2O2S. The van der Waals surface area contributed by atoms with Crippen LogP contribution in [-0.4, -0.2) is 30.9 Å². The summed E-state index contributed by atoms with van der Waals surface area (Å²) in [5.74, 6) is 0.0988. The zero-order valence-electron chi connectivity index (χ0n) is 11.4. The van der Waals surface area contributed by atoms with Gasteiger partial charge in [-0.25, -0.2) is 8.42 Å². The van der Waals surface area contributed by atoms with Gasteiger partial charge in [-0.2, -0.15) is 0 Å². The molecule has 0 unspecified atom stereocenters. The van der Waals surface area contributed by atoms with Crippen LogP contribution in [0, 0.1) is 0 Å². The molecule has 0 spiro atoms. The zero-order valence-corrected chi connectivity index (χ0v) is 13.0. The van der Waals surface area contributed by atoms with Gasteiger partial charge in [0, 0.05) is 18.1 Å². The van der Waals surface area contributed by atoms with Crippen LogP contribution in [0.25, 0.3) is 10.9 Å². The molecule has 4 nitrogen and oxygen atoms in total. The maximum absolute atomic E-state index is 11.8. The Balaban J connectivity index is 2.17. The molecule has 0 bridgehead atoms. The van der Waals surface area contributed by atoms with E-state index < -0.39 is 9.84 Å². The van der Waals surface area contributed by atoms with E-state index in [2.05, 4.69) is 10.3 Å². The number of pyridine rings is 1. The molecule has 1 aromatic carbocycles. The Morgan fingerprint density at radius 1 is 1.30 bits per heavy atom. The van der Waals surface area contributed by atoms with E-state index in [1.165, 1.54) is 0 Å². The molecule has 1 heterocycles. The number of aromatic nitrogens is 1. The largest absolute Gasteiger partial charge is 0.382 e. The quantitative estimate of drug-likeness (QED) is 0.921. The Bertz CT molecular complexity index is 714. The summed E-state index contributed by atoms with van der Waals surface area (Å²) in [6.07, 6.45) is 1.69. The molecule has 0 fully saturated rings. The van der Waals surface area contributed by atoms with Crippen molar-refractivity contribution in [2.45, 2.75) is 19.1 Å². The van der Waals surface area contributed by atoms with Gasteiger partial charge in [-0.1, -0.05) is 11.6 Å². The smallest absolute Gasteiger partial charge is 0.154 e. The third kappa shape index (κ3) is 3.22. The van der Waals surface area contributed by atoms with Gasteiger partial charge in [-0.15, -0.1) is 0 Å².